The van der Waals surface area contributed by atoms with Gasteiger partial charge in [-0.1, -0.05) is 41.5 Å². The van der Waals surface area contributed by atoms with E-state index in [1.165, 1.54) is 0 Å². The molecule has 2 N–H and O–H groups in total. The van der Waals surface area contributed by atoms with Gasteiger partial charge in [0.1, 0.15) is 12.6 Å². The number of nitrogens with zero attached hydrogens (tertiary/aromatic N) is 4. The predicted octanol–water partition coefficient (Wildman–Crippen LogP) is 5.96. The molecule has 0 saturated heterocycles. The Labute approximate surface area is 235 Å². The summed E-state index contributed by atoms with van der Waals surface area (Å²) >= 11 is 3.69. The van der Waals surface area contributed by atoms with E-state index in [1.807, 2.05) is 75.4 Å². The van der Waals surface area contributed by atoms with E-state index in [1.54, 1.807) is 4.68 Å². The van der Waals surface area contributed by atoms with Crippen LogP contribution in [0.4, 0.5) is 11.6 Å². The first-order valence-electron chi connectivity index (χ1n) is 12.6. The molecule has 0 radical (unpaired) electrons. The molecule has 1 unspecified atom stereocenters. The van der Waals surface area contributed by atoms with E-state index in [4.69, 9.17) is 9.47 Å². The Morgan fingerprint density at radius 1 is 1.08 bits per heavy atom. The number of aromatic nitrogens is 4. The number of nitrogens with one attached hydrogen (secondary N) is 2. The van der Waals surface area contributed by atoms with E-state index >= 15 is 0 Å². The summed E-state index contributed by atoms with van der Waals surface area (Å²) < 4.78 is 14.6. The van der Waals surface area contributed by atoms with Crippen molar-refractivity contribution in [3.8, 4) is 11.5 Å². The first-order valence-corrected chi connectivity index (χ1v) is 13.4. The lowest BCUT2D eigenvalue weighted by atomic mass is 9.94. The fourth-order valence-electron chi connectivity index (χ4n) is 4.61. The minimum Gasteiger partial charge on any atom is -0.490 e. The molecule has 3 aromatic carbocycles. The second-order valence-corrected chi connectivity index (χ2v) is 10.2. The summed E-state index contributed by atoms with van der Waals surface area (Å²) in [4.78, 5) is 13.7. The van der Waals surface area contributed by atoms with E-state index in [2.05, 4.69) is 55.1 Å². The summed E-state index contributed by atoms with van der Waals surface area (Å²) in [6.45, 7) is 8.62. The number of amides is 1. The van der Waals surface area contributed by atoms with Crippen LogP contribution in [0.1, 0.15) is 42.1 Å². The molecule has 10 heteroatoms. The molecule has 2 heterocycles. The van der Waals surface area contributed by atoms with Crippen molar-refractivity contribution < 1.29 is 14.3 Å². The third kappa shape index (κ3) is 5.51. The average Bonchev–Trinajstić information content (AvgIpc) is 3.36. The van der Waals surface area contributed by atoms with Gasteiger partial charge in [-0.3, -0.25) is 4.79 Å². The highest BCUT2D eigenvalue weighted by molar-refractivity contribution is 9.10. The van der Waals surface area contributed by atoms with Crippen LogP contribution < -0.4 is 20.1 Å². The zero-order valence-electron chi connectivity index (χ0n) is 22.2. The number of hydrogen-bond acceptors (Lipinski definition) is 7. The third-order valence-corrected chi connectivity index (χ3v) is 7.10. The van der Waals surface area contributed by atoms with Gasteiger partial charge in [-0.15, -0.1) is 0 Å². The second kappa shape index (κ2) is 11.3. The monoisotopic (exact) mass is 588 g/mol. The van der Waals surface area contributed by atoms with Crippen LogP contribution in [0.15, 0.2) is 76.4 Å². The molecule has 39 heavy (non-hydrogen) atoms. The summed E-state index contributed by atoms with van der Waals surface area (Å²) in [5.74, 6) is 1.32. The molecule has 1 amide bonds. The van der Waals surface area contributed by atoms with Gasteiger partial charge >= 0.3 is 0 Å². The summed E-state index contributed by atoms with van der Waals surface area (Å²) in [5.41, 5.74) is 5.89. The molecule has 1 aliphatic heterocycles. The predicted molar refractivity (Wildman–Crippen MR) is 153 cm³/mol. The smallest absolute Gasteiger partial charge is 0.255 e. The van der Waals surface area contributed by atoms with Gasteiger partial charge in [-0.05, 0) is 101 Å². The van der Waals surface area contributed by atoms with Crippen molar-refractivity contribution in [2.75, 3.05) is 17.2 Å². The van der Waals surface area contributed by atoms with Crippen molar-refractivity contribution in [1.29, 1.82) is 0 Å². The van der Waals surface area contributed by atoms with E-state index in [9.17, 15) is 4.79 Å². The first kappa shape index (κ1) is 26.4. The number of allylic oxidation sites excluding steroid dienone is 1. The number of fused-ring (bicyclic) bond motifs is 1. The number of carbonyl (C=O) groups excluding carboxylic acids is 1. The maximum atomic E-state index is 13.7. The lowest BCUT2D eigenvalue weighted by Crippen LogP contribution is -2.31. The highest BCUT2D eigenvalue weighted by atomic mass is 79.9. The Morgan fingerprint density at radius 3 is 2.67 bits per heavy atom. The molecular formula is C29H29BrN6O3. The number of rotatable bonds is 8. The van der Waals surface area contributed by atoms with Gasteiger partial charge < -0.3 is 20.1 Å². The van der Waals surface area contributed by atoms with Crippen molar-refractivity contribution >= 4 is 33.5 Å². The normalized spacial score (nSPS) is 14.4. The van der Waals surface area contributed by atoms with Crippen LogP contribution in [0.25, 0.3) is 0 Å². The SMILES string of the molecule is CCOc1cc(C2C(C(=O)Nc3cccc(C)c3)=C(C)Nc3nnnn32)cc(Br)c1OCc1ccccc1C. The topological polar surface area (TPSA) is 103 Å². The van der Waals surface area contributed by atoms with E-state index in [0.717, 1.165) is 22.3 Å². The van der Waals surface area contributed by atoms with E-state index < -0.39 is 6.04 Å². The van der Waals surface area contributed by atoms with E-state index in [0.29, 0.717) is 52.1 Å². The maximum absolute atomic E-state index is 13.7. The number of aryl methyl sites for hydroxylation is 2. The van der Waals surface area contributed by atoms with Gasteiger partial charge in [0, 0.05) is 11.4 Å². The van der Waals surface area contributed by atoms with Gasteiger partial charge in [0.2, 0.25) is 5.95 Å². The lowest BCUT2D eigenvalue weighted by Gasteiger charge is -2.28. The van der Waals surface area contributed by atoms with Gasteiger partial charge in [0.05, 0.1) is 16.7 Å². The number of tetrazole rings is 1. The van der Waals surface area contributed by atoms with Crippen LogP contribution in [0.3, 0.4) is 0 Å². The molecule has 1 aromatic heterocycles. The molecule has 4 aromatic rings. The molecule has 0 saturated carbocycles. The van der Waals surface area contributed by atoms with E-state index in [-0.39, 0.29) is 5.91 Å². The summed E-state index contributed by atoms with van der Waals surface area (Å²) in [5, 5.41) is 18.3. The zero-order valence-corrected chi connectivity index (χ0v) is 23.7. The highest BCUT2D eigenvalue weighted by Crippen LogP contribution is 2.43. The summed E-state index contributed by atoms with van der Waals surface area (Å²) in [6, 6.07) is 19.0. The average molecular weight is 589 g/mol. The molecule has 9 nitrogen and oxygen atoms in total. The quantitative estimate of drug-likeness (QED) is 0.262. The molecule has 1 aliphatic rings. The van der Waals surface area contributed by atoms with Crippen LogP contribution in [0.5, 0.6) is 11.5 Å². The third-order valence-electron chi connectivity index (χ3n) is 6.52. The van der Waals surface area contributed by atoms with Gasteiger partial charge in [-0.25, -0.2) is 0 Å². The largest absolute Gasteiger partial charge is 0.490 e. The molecule has 0 spiro atoms. The minimum absolute atomic E-state index is 0.259. The Kier molecular flexibility index (Phi) is 7.65. The second-order valence-electron chi connectivity index (χ2n) is 9.32. The van der Waals surface area contributed by atoms with Crippen molar-refractivity contribution in [2.45, 2.75) is 40.3 Å². The fraction of sp³-hybridized carbons (Fsp3) is 0.241. The summed E-state index contributed by atoms with van der Waals surface area (Å²) in [7, 11) is 0. The number of ether oxygens (including phenoxy) is 2. The van der Waals surface area contributed by atoms with Crippen molar-refractivity contribution in [2.24, 2.45) is 0 Å². The molecule has 5 rings (SSSR count). The zero-order chi connectivity index (χ0) is 27.5. The molecule has 0 bridgehead atoms. The van der Waals surface area contributed by atoms with Crippen LogP contribution in [-0.2, 0) is 11.4 Å². The number of hydrogen-bond donors (Lipinski definition) is 2. The number of carbonyl (C=O) groups is 1. The standard InChI is InChI=1S/C29H29BrN6O3/c1-5-38-24-15-21(14-23(30)27(24)39-16-20-11-7-6-10-18(20)3)26-25(19(4)31-29-33-34-35-36(26)29)28(37)32-22-12-8-9-17(2)13-22/h6-15,26H,5,16H2,1-4H3,(H,32,37)(H,31,33,35). The molecule has 1 atom stereocenters. The Hall–Kier alpha value is -4.18. The van der Waals surface area contributed by atoms with Crippen molar-refractivity contribution in [3.05, 3.63) is 98.7 Å². The minimum atomic E-state index is -0.609. The maximum Gasteiger partial charge on any atom is 0.255 e. The highest BCUT2D eigenvalue weighted by Gasteiger charge is 2.35. The number of anilines is 2. The first-order chi connectivity index (χ1) is 18.9. The Bertz CT molecular complexity index is 1560. The molecule has 0 fully saturated rings. The van der Waals surface area contributed by atoms with Gasteiger partial charge in [0.25, 0.3) is 5.91 Å². The van der Waals surface area contributed by atoms with Crippen LogP contribution in [0, 0.1) is 13.8 Å². The van der Waals surface area contributed by atoms with Crippen LogP contribution >= 0.6 is 15.9 Å². The molecular weight excluding hydrogens is 560 g/mol. The Balaban J connectivity index is 1.54. The lowest BCUT2D eigenvalue weighted by molar-refractivity contribution is -0.113. The fourth-order valence-corrected chi connectivity index (χ4v) is 5.18. The van der Waals surface area contributed by atoms with Crippen LogP contribution in [0.2, 0.25) is 0 Å². The van der Waals surface area contributed by atoms with Crippen LogP contribution in [-0.4, -0.2) is 32.7 Å². The molecule has 200 valence electrons. The number of halogens is 1. The van der Waals surface area contributed by atoms with Crippen molar-refractivity contribution in [1.82, 2.24) is 20.2 Å². The summed E-state index contributed by atoms with van der Waals surface area (Å²) in [6.07, 6.45) is 0. The molecule has 0 aliphatic carbocycles. The Morgan fingerprint density at radius 2 is 1.90 bits per heavy atom. The number of benzene rings is 3. The van der Waals surface area contributed by atoms with Gasteiger partial charge in [-0.2, -0.15) is 4.68 Å². The van der Waals surface area contributed by atoms with Gasteiger partial charge in [0.15, 0.2) is 11.5 Å². The van der Waals surface area contributed by atoms with Crippen molar-refractivity contribution in [3.63, 3.8) is 0 Å².